The van der Waals surface area contributed by atoms with Gasteiger partial charge in [0.15, 0.2) is 0 Å². The molecule has 23 heavy (non-hydrogen) atoms. The molecule has 1 aromatic heterocycles. The summed E-state index contributed by atoms with van der Waals surface area (Å²) in [6.07, 6.45) is 0. The van der Waals surface area contributed by atoms with Gasteiger partial charge in [0.1, 0.15) is 0 Å². The van der Waals surface area contributed by atoms with Crippen LogP contribution in [0, 0.1) is 13.8 Å². The molecule has 116 valence electrons. The molecule has 0 aliphatic carbocycles. The van der Waals surface area contributed by atoms with Gasteiger partial charge in [-0.15, -0.1) is 0 Å². The Morgan fingerprint density at radius 3 is 2.48 bits per heavy atom. The van der Waals surface area contributed by atoms with Gasteiger partial charge in [0.25, 0.3) is 5.56 Å². The maximum atomic E-state index is 12.1. The Hall–Kier alpha value is -2.39. The molecule has 0 spiro atoms. The second kappa shape index (κ2) is 6.39. The number of hydrogen-bond donors (Lipinski definition) is 0. The van der Waals surface area contributed by atoms with Crippen LogP contribution in [0.15, 0.2) is 59.4 Å². The average molecular weight is 325 g/mol. The summed E-state index contributed by atoms with van der Waals surface area (Å²) in [4.78, 5) is 12.1. The highest BCUT2D eigenvalue weighted by Gasteiger charge is 2.06. The van der Waals surface area contributed by atoms with Gasteiger partial charge in [-0.1, -0.05) is 47.5 Å². The van der Waals surface area contributed by atoms with Crippen molar-refractivity contribution < 1.29 is 0 Å². The highest BCUT2D eigenvalue weighted by Crippen LogP contribution is 2.19. The van der Waals surface area contributed by atoms with Crippen molar-refractivity contribution in [2.24, 2.45) is 0 Å². The number of aryl methyl sites for hydroxylation is 2. The number of hydrogen-bond acceptors (Lipinski definition) is 2. The molecular weight excluding hydrogens is 308 g/mol. The minimum atomic E-state index is -0.108. The third-order valence-electron chi connectivity index (χ3n) is 3.83. The topological polar surface area (TPSA) is 34.9 Å². The summed E-state index contributed by atoms with van der Waals surface area (Å²) in [5.74, 6) is 0. The summed E-state index contributed by atoms with van der Waals surface area (Å²) < 4.78 is 1.51. The van der Waals surface area contributed by atoms with Gasteiger partial charge in [0.05, 0.1) is 12.2 Å². The third-order valence-corrected chi connectivity index (χ3v) is 4.08. The van der Waals surface area contributed by atoms with Gasteiger partial charge in [-0.05, 0) is 43.2 Å². The van der Waals surface area contributed by atoms with Crippen LogP contribution in [-0.2, 0) is 6.54 Å². The lowest BCUT2D eigenvalue weighted by Gasteiger charge is -2.10. The molecule has 3 rings (SSSR count). The molecule has 0 saturated carbocycles. The number of benzene rings is 2. The van der Waals surface area contributed by atoms with Crippen LogP contribution in [0.4, 0.5) is 0 Å². The van der Waals surface area contributed by atoms with E-state index in [1.165, 1.54) is 10.2 Å². The molecule has 3 nitrogen and oxygen atoms in total. The van der Waals surface area contributed by atoms with Crippen LogP contribution in [0.2, 0.25) is 5.02 Å². The molecule has 0 bridgehead atoms. The van der Waals surface area contributed by atoms with Crippen molar-refractivity contribution >= 4 is 11.6 Å². The van der Waals surface area contributed by atoms with Crippen LogP contribution in [0.1, 0.15) is 16.7 Å². The van der Waals surface area contributed by atoms with Gasteiger partial charge >= 0.3 is 0 Å². The first-order valence-electron chi connectivity index (χ1n) is 7.43. The fraction of sp³-hybridized carbons (Fsp3) is 0.158. The van der Waals surface area contributed by atoms with E-state index < -0.39 is 0 Å². The molecule has 2 aromatic carbocycles. The summed E-state index contributed by atoms with van der Waals surface area (Å²) >= 11 is 5.92. The average Bonchev–Trinajstić information content (AvgIpc) is 2.54. The highest BCUT2D eigenvalue weighted by atomic mass is 35.5. The molecule has 0 saturated heterocycles. The molecule has 0 N–H and O–H groups in total. The van der Waals surface area contributed by atoms with Crippen molar-refractivity contribution in [1.29, 1.82) is 0 Å². The number of rotatable bonds is 3. The Morgan fingerprint density at radius 1 is 1.00 bits per heavy atom. The standard InChI is InChI=1S/C19H17ClN2O/c1-13-3-4-14(2)16(11-13)12-22-19(23)10-9-18(21-22)15-5-7-17(20)8-6-15/h3-11H,12H2,1-2H3. The van der Waals surface area contributed by atoms with Gasteiger partial charge in [0.2, 0.25) is 0 Å². The van der Waals surface area contributed by atoms with E-state index in [2.05, 4.69) is 23.3 Å². The van der Waals surface area contributed by atoms with Gasteiger partial charge in [0, 0.05) is 16.7 Å². The second-order valence-electron chi connectivity index (χ2n) is 5.65. The highest BCUT2D eigenvalue weighted by molar-refractivity contribution is 6.30. The number of aromatic nitrogens is 2. The van der Waals surface area contributed by atoms with Gasteiger partial charge < -0.3 is 0 Å². The normalized spacial score (nSPS) is 10.7. The number of halogens is 1. The van der Waals surface area contributed by atoms with Gasteiger partial charge in [-0.25, -0.2) is 4.68 Å². The summed E-state index contributed by atoms with van der Waals surface area (Å²) in [5.41, 5.74) is 5.01. The Balaban J connectivity index is 1.99. The number of nitrogens with zero attached hydrogens (tertiary/aromatic N) is 2. The van der Waals surface area contributed by atoms with E-state index in [-0.39, 0.29) is 5.56 Å². The second-order valence-corrected chi connectivity index (χ2v) is 6.09. The van der Waals surface area contributed by atoms with E-state index >= 15 is 0 Å². The quantitative estimate of drug-likeness (QED) is 0.722. The zero-order valence-corrected chi connectivity index (χ0v) is 13.8. The summed E-state index contributed by atoms with van der Waals surface area (Å²) in [5, 5.41) is 5.18. The van der Waals surface area contributed by atoms with Crippen LogP contribution in [0.25, 0.3) is 11.3 Å². The van der Waals surface area contributed by atoms with Crippen LogP contribution in [0.5, 0.6) is 0 Å². The fourth-order valence-corrected chi connectivity index (χ4v) is 2.59. The lowest BCUT2D eigenvalue weighted by Crippen LogP contribution is -2.23. The molecule has 0 amide bonds. The molecular formula is C19H17ClN2O. The van der Waals surface area contributed by atoms with E-state index in [0.29, 0.717) is 11.6 Å². The molecule has 0 radical (unpaired) electrons. The predicted molar refractivity (Wildman–Crippen MR) is 94.0 cm³/mol. The van der Waals surface area contributed by atoms with Gasteiger partial charge in [-0.2, -0.15) is 5.10 Å². The van der Waals surface area contributed by atoms with E-state index in [9.17, 15) is 4.79 Å². The molecule has 0 aliphatic rings. The van der Waals surface area contributed by atoms with Crippen LogP contribution >= 0.6 is 11.6 Å². The molecule has 4 heteroatoms. The van der Waals surface area contributed by atoms with Crippen LogP contribution in [-0.4, -0.2) is 9.78 Å². The van der Waals surface area contributed by atoms with E-state index in [4.69, 9.17) is 11.6 Å². The minimum absolute atomic E-state index is 0.108. The van der Waals surface area contributed by atoms with E-state index in [1.54, 1.807) is 12.1 Å². The van der Waals surface area contributed by atoms with Crippen molar-refractivity contribution in [2.75, 3.05) is 0 Å². The third kappa shape index (κ3) is 3.51. The van der Waals surface area contributed by atoms with E-state index in [1.807, 2.05) is 38.1 Å². The summed E-state index contributed by atoms with van der Waals surface area (Å²) in [6.45, 7) is 4.56. The SMILES string of the molecule is Cc1ccc(C)c(Cn2nc(-c3ccc(Cl)cc3)ccc2=O)c1. The van der Waals surface area contributed by atoms with Crippen molar-refractivity contribution in [2.45, 2.75) is 20.4 Å². The molecule has 0 fully saturated rings. The Kier molecular flexibility index (Phi) is 4.30. The largest absolute Gasteiger partial charge is 0.268 e. The zero-order valence-electron chi connectivity index (χ0n) is 13.1. The smallest absolute Gasteiger partial charge is 0.267 e. The summed E-state index contributed by atoms with van der Waals surface area (Å²) in [6, 6.07) is 17.0. The molecule has 0 atom stereocenters. The predicted octanol–water partition coefficient (Wildman–Crippen LogP) is 4.23. The maximum absolute atomic E-state index is 12.1. The van der Waals surface area contributed by atoms with Crippen LogP contribution in [0.3, 0.4) is 0 Å². The van der Waals surface area contributed by atoms with Crippen molar-refractivity contribution in [3.63, 3.8) is 0 Å². The lowest BCUT2D eigenvalue weighted by molar-refractivity contribution is 0.640. The molecule has 0 aliphatic heterocycles. The Morgan fingerprint density at radius 2 is 1.74 bits per heavy atom. The zero-order chi connectivity index (χ0) is 16.4. The first-order valence-corrected chi connectivity index (χ1v) is 7.81. The monoisotopic (exact) mass is 324 g/mol. The van der Waals surface area contributed by atoms with E-state index in [0.717, 1.165) is 22.4 Å². The lowest BCUT2D eigenvalue weighted by atomic mass is 10.1. The van der Waals surface area contributed by atoms with Crippen molar-refractivity contribution in [3.05, 3.63) is 86.7 Å². The van der Waals surface area contributed by atoms with Crippen LogP contribution < -0.4 is 5.56 Å². The Labute approximate surface area is 140 Å². The summed E-state index contributed by atoms with van der Waals surface area (Å²) in [7, 11) is 0. The molecule has 1 heterocycles. The first kappa shape index (κ1) is 15.5. The fourth-order valence-electron chi connectivity index (χ4n) is 2.47. The minimum Gasteiger partial charge on any atom is -0.268 e. The maximum Gasteiger partial charge on any atom is 0.267 e. The molecule has 3 aromatic rings. The first-order chi connectivity index (χ1) is 11.0. The van der Waals surface area contributed by atoms with Crippen molar-refractivity contribution in [3.8, 4) is 11.3 Å². The van der Waals surface area contributed by atoms with Gasteiger partial charge in [-0.3, -0.25) is 4.79 Å². The molecule has 0 unspecified atom stereocenters. The Bertz CT molecular complexity index is 898. The van der Waals surface area contributed by atoms with Crippen molar-refractivity contribution in [1.82, 2.24) is 9.78 Å².